The standard InChI is InChI=1S/C18H27N3O3/c1-4-10-21-14-6-5-8-18(14,9-7-15(21)22)11-19-17(23)16-12(2)20-24-13(16)3/h14H,4-11H2,1-3H3,(H,19,23)/t14-,18+/m1/s1. The van der Waals surface area contributed by atoms with E-state index in [0.717, 1.165) is 38.6 Å². The Morgan fingerprint density at radius 2 is 2.21 bits per heavy atom. The second kappa shape index (κ2) is 6.57. The first-order valence-electron chi connectivity index (χ1n) is 8.99. The fourth-order valence-corrected chi connectivity index (χ4v) is 4.54. The van der Waals surface area contributed by atoms with Gasteiger partial charge in [-0.2, -0.15) is 0 Å². The number of likely N-dealkylation sites (tertiary alicyclic amines) is 1. The molecule has 2 heterocycles. The van der Waals surface area contributed by atoms with Gasteiger partial charge >= 0.3 is 0 Å². The highest BCUT2D eigenvalue weighted by Crippen LogP contribution is 2.47. The van der Waals surface area contributed by atoms with Gasteiger partial charge in [0, 0.05) is 31.0 Å². The molecule has 3 rings (SSSR count). The van der Waals surface area contributed by atoms with E-state index >= 15 is 0 Å². The molecular formula is C18H27N3O3. The number of hydrogen-bond acceptors (Lipinski definition) is 4. The molecule has 2 aliphatic rings. The van der Waals surface area contributed by atoms with Crippen LogP contribution in [0.4, 0.5) is 0 Å². The van der Waals surface area contributed by atoms with Crippen molar-refractivity contribution >= 4 is 11.8 Å². The number of fused-ring (bicyclic) bond motifs is 1. The van der Waals surface area contributed by atoms with Gasteiger partial charge in [-0.1, -0.05) is 18.5 Å². The molecule has 2 fully saturated rings. The van der Waals surface area contributed by atoms with Gasteiger partial charge in [0.1, 0.15) is 11.3 Å². The summed E-state index contributed by atoms with van der Waals surface area (Å²) >= 11 is 0. The van der Waals surface area contributed by atoms with Gasteiger partial charge in [0.2, 0.25) is 5.91 Å². The van der Waals surface area contributed by atoms with E-state index < -0.39 is 0 Å². The summed E-state index contributed by atoms with van der Waals surface area (Å²) in [6.07, 6.45) is 5.69. The van der Waals surface area contributed by atoms with Crippen LogP contribution in [0.3, 0.4) is 0 Å². The van der Waals surface area contributed by atoms with Crippen LogP contribution in [-0.2, 0) is 4.79 Å². The highest BCUT2D eigenvalue weighted by atomic mass is 16.5. The number of nitrogens with zero attached hydrogens (tertiary/aromatic N) is 2. The summed E-state index contributed by atoms with van der Waals surface area (Å²) in [5, 5.41) is 6.95. The maximum Gasteiger partial charge on any atom is 0.256 e. The van der Waals surface area contributed by atoms with Gasteiger partial charge in [0.15, 0.2) is 0 Å². The van der Waals surface area contributed by atoms with Crippen LogP contribution in [0.1, 0.15) is 67.3 Å². The van der Waals surface area contributed by atoms with Crippen molar-refractivity contribution in [1.82, 2.24) is 15.4 Å². The van der Waals surface area contributed by atoms with Gasteiger partial charge < -0.3 is 14.7 Å². The van der Waals surface area contributed by atoms with E-state index in [9.17, 15) is 9.59 Å². The fourth-order valence-electron chi connectivity index (χ4n) is 4.54. The predicted octanol–water partition coefficient (Wildman–Crippen LogP) is 2.59. The number of amides is 2. The molecule has 6 heteroatoms. The molecule has 1 saturated carbocycles. The molecule has 2 amide bonds. The highest BCUT2D eigenvalue weighted by Gasteiger charge is 2.50. The Bertz CT molecular complexity index is 620. The summed E-state index contributed by atoms with van der Waals surface area (Å²) in [5.41, 5.74) is 1.19. The fraction of sp³-hybridized carbons (Fsp3) is 0.722. The van der Waals surface area contributed by atoms with Crippen LogP contribution in [0.5, 0.6) is 0 Å². The number of aromatic nitrogens is 1. The highest BCUT2D eigenvalue weighted by molar-refractivity contribution is 5.96. The molecule has 0 radical (unpaired) electrons. The van der Waals surface area contributed by atoms with E-state index in [0.29, 0.717) is 30.0 Å². The Labute approximate surface area is 142 Å². The summed E-state index contributed by atoms with van der Waals surface area (Å²) < 4.78 is 5.09. The van der Waals surface area contributed by atoms with E-state index in [1.54, 1.807) is 13.8 Å². The molecule has 1 aromatic rings. The average molecular weight is 333 g/mol. The first-order valence-corrected chi connectivity index (χ1v) is 8.99. The smallest absolute Gasteiger partial charge is 0.256 e. The zero-order valence-corrected chi connectivity index (χ0v) is 14.9. The van der Waals surface area contributed by atoms with Crippen molar-refractivity contribution in [3.8, 4) is 0 Å². The lowest BCUT2D eigenvalue weighted by Gasteiger charge is -2.46. The van der Waals surface area contributed by atoms with Crippen LogP contribution in [0.2, 0.25) is 0 Å². The van der Waals surface area contributed by atoms with E-state index in [1.165, 1.54) is 0 Å². The van der Waals surface area contributed by atoms with Gasteiger partial charge in [0.25, 0.3) is 5.91 Å². The van der Waals surface area contributed by atoms with E-state index in [4.69, 9.17) is 4.52 Å². The second-order valence-corrected chi connectivity index (χ2v) is 7.24. The summed E-state index contributed by atoms with van der Waals surface area (Å²) in [7, 11) is 0. The van der Waals surface area contributed by atoms with Gasteiger partial charge in [-0.3, -0.25) is 9.59 Å². The SMILES string of the molecule is CCCN1C(=O)CC[C@]2(CNC(=O)c3c(C)noc3C)CCC[C@@H]12. The number of rotatable bonds is 5. The number of nitrogens with one attached hydrogen (secondary N) is 1. The van der Waals surface area contributed by atoms with Crippen LogP contribution in [0, 0.1) is 19.3 Å². The molecule has 24 heavy (non-hydrogen) atoms. The van der Waals surface area contributed by atoms with Crippen LogP contribution in [0.15, 0.2) is 4.52 Å². The first kappa shape index (κ1) is 17.0. The average Bonchev–Trinajstić information content (AvgIpc) is 3.12. The Balaban J connectivity index is 1.73. The number of piperidine rings is 1. The molecule has 2 atom stereocenters. The maximum absolute atomic E-state index is 12.6. The zero-order valence-electron chi connectivity index (χ0n) is 14.9. The quantitative estimate of drug-likeness (QED) is 0.898. The van der Waals surface area contributed by atoms with E-state index in [1.807, 2.05) is 0 Å². The van der Waals surface area contributed by atoms with Crippen molar-refractivity contribution in [1.29, 1.82) is 0 Å². The molecule has 1 aliphatic heterocycles. The van der Waals surface area contributed by atoms with Crippen molar-refractivity contribution in [3.05, 3.63) is 17.0 Å². The maximum atomic E-state index is 12.6. The zero-order chi connectivity index (χ0) is 17.3. The molecule has 132 valence electrons. The molecule has 1 aliphatic carbocycles. The Kier molecular flexibility index (Phi) is 4.65. The molecule has 1 saturated heterocycles. The van der Waals surface area contributed by atoms with Gasteiger partial charge in [-0.25, -0.2) is 0 Å². The van der Waals surface area contributed by atoms with E-state index in [2.05, 4.69) is 22.3 Å². The summed E-state index contributed by atoms with van der Waals surface area (Å²) in [6.45, 7) is 7.09. The number of hydrogen-bond donors (Lipinski definition) is 1. The Morgan fingerprint density at radius 1 is 1.42 bits per heavy atom. The van der Waals surface area contributed by atoms with Crippen LogP contribution < -0.4 is 5.32 Å². The number of aryl methyl sites for hydroxylation is 2. The van der Waals surface area contributed by atoms with Crippen molar-refractivity contribution in [2.75, 3.05) is 13.1 Å². The van der Waals surface area contributed by atoms with Crippen LogP contribution in [-0.4, -0.2) is 41.0 Å². The summed E-state index contributed by atoms with van der Waals surface area (Å²) in [6, 6.07) is 0.267. The summed E-state index contributed by atoms with van der Waals surface area (Å²) in [5.74, 6) is 0.707. The minimum Gasteiger partial charge on any atom is -0.361 e. The second-order valence-electron chi connectivity index (χ2n) is 7.24. The van der Waals surface area contributed by atoms with Crippen molar-refractivity contribution in [2.45, 2.75) is 65.3 Å². The third-order valence-electron chi connectivity index (χ3n) is 5.72. The molecule has 1 N–H and O–H groups in total. The van der Waals surface area contributed by atoms with Crippen LogP contribution >= 0.6 is 0 Å². The first-order chi connectivity index (χ1) is 11.5. The molecule has 1 aromatic heterocycles. The Hall–Kier alpha value is -1.85. The lowest BCUT2D eigenvalue weighted by molar-refractivity contribution is -0.141. The Morgan fingerprint density at radius 3 is 2.88 bits per heavy atom. The number of carbonyl (C=O) groups is 2. The minimum absolute atomic E-state index is 0.0255. The largest absolute Gasteiger partial charge is 0.361 e. The molecule has 0 bridgehead atoms. The summed E-state index contributed by atoms with van der Waals surface area (Å²) in [4.78, 5) is 26.9. The van der Waals surface area contributed by atoms with E-state index in [-0.39, 0.29) is 23.3 Å². The topological polar surface area (TPSA) is 75.4 Å². The molecule has 0 aromatic carbocycles. The van der Waals surface area contributed by atoms with Crippen LogP contribution in [0.25, 0.3) is 0 Å². The molecule has 6 nitrogen and oxygen atoms in total. The normalized spacial score (nSPS) is 26.5. The third-order valence-corrected chi connectivity index (χ3v) is 5.72. The third kappa shape index (κ3) is 2.82. The molecular weight excluding hydrogens is 306 g/mol. The lowest BCUT2D eigenvalue weighted by atomic mass is 9.74. The van der Waals surface area contributed by atoms with Gasteiger partial charge in [-0.15, -0.1) is 0 Å². The van der Waals surface area contributed by atoms with Crippen molar-refractivity contribution in [2.24, 2.45) is 5.41 Å². The molecule has 0 spiro atoms. The van der Waals surface area contributed by atoms with Gasteiger partial charge in [-0.05, 0) is 39.5 Å². The number of carbonyl (C=O) groups excluding carboxylic acids is 2. The molecule has 0 unspecified atom stereocenters. The minimum atomic E-state index is -0.120. The van der Waals surface area contributed by atoms with Gasteiger partial charge in [0.05, 0.1) is 5.69 Å². The van der Waals surface area contributed by atoms with Crippen molar-refractivity contribution in [3.63, 3.8) is 0 Å². The lowest BCUT2D eigenvalue weighted by Crippen LogP contribution is -2.56. The van der Waals surface area contributed by atoms with Crippen molar-refractivity contribution < 1.29 is 14.1 Å². The monoisotopic (exact) mass is 333 g/mol. The predicted molar refractivity (Wildman–Crippen MR) is 89.6 cm³/mol.